The maximum atomic E-state index is 12.7. The van der Waals surface area contributed by atoms with E-state index in [9.17, 15) is 21.9 Å². The molecular weight excluding hydrogens is 956 g/mol. The van der Waals surface area contributed by atoms with Crippen molar-refractivity contribution in [2.24, 2.45) is 45.3 Å². The van der Waals surface area contributed by atoms with Crippen LogP contribution >= 0.6 is 10.7 Å². The van der Waals surface area contributed by atoms with Crippen molar-refractivity contribution in [3.63, 3.8) is 0 Å². The highest BCUT2D eigenvalue weighted by Gasteiger charge is 2.64. The summed E-state index contributed by atoms with van der Waals surface area (Å²) >= 11 is 0. The highest BCUT2D eigenvalue weighted by molar-refractivity contribution is 8.13. The summed E-state index contributed by atoms with van der Waals surface area (Å²) in [5.41, 5.74) is 3.55. The maximum Gasteiger partial charge on any atom is 0.296 e. The normalized spacial score (nSPS) is 30.8. The summed E-state index contributed by atoms with van der Waals surface area (Å²) in [6.07, 6.45) is 20.8. The van der Waals surface area contributed by atoms with Gasteiger partial charge < -0.3 is 14.0 Å². The Morgan fingerprint density at radius 1 is 0.594 bits per heavy atom. The van der Waals surface area contributed by atoms with Crippen LogP contribution in [0, 0.1) is 59.2 Å². The van der Waals surface area contributed by atoms with Crippen molar-refractivity contribution >= 4 is 46.5 Å². The summed E-state index contributed by atoms with van der Waals surface area (Å²) in [7, 11) is -5.65. The minimum absolute atomic E-state index is 0.143. The molecule has 8 nitrogen and oxygen atoms in total. The van der Waals surface area contributed by atoms with Gasteiger partial charge in [-0.25, -0.2) is 8.42 Å². The zero-order chi connectivity index (χ0) is 51.3. The van der Waals surface area contributed by atoms with E-state index in [0.717, 1.165) is 35.8 Å². The van der Waals surface area contributed by atoms with E-state index in [1.54, 1.807) is 24.3 Å². The lowest BCUT2D eigenvalue weighted by Crippen LogP contribution is -2.50. The van der Waals surface area contributed by atoms with Crippen LogP contribution in [-0.2, 0) is 32.2 Å². The van der Waals surface area contributed by atoms with Gasteiger partial charge in [-0.1, -0.05) is 104 Å². The molecule has 392 valence electrons. The molecule has 0 amide bonds. The molecule has 8 atom stereocenters. The Labute approximate surface area is 427 Å². The lowest BCUT2D eigenvalue weighted by atomic mass is 9.60. The second-order valence-electron chi connectivity index (χ2n) is 26.4. The Kier molecular flexibility index (Phi) is 17.3. The highest BCUT2D eigenvalue weighted by atomic mass is 35.7. The predicted octanol–water partition coefficient (Wildman–Crippen LogP) is 15.2. The summed E-state index contributed by atoms with van der Waals surface area (Å²) in [6, 6.07) is 13.3. The largest absolute Gasteiger partial charge is 0.414 e. The van der Waals surface area contributed by atoms with Gasteiger partial charge in [0, 0.05) is 29.5 Å². The predicted molar refractivity (Wildman–Crippen MR) is 289 cm³/mol. The fourth-order valence-electron chi connectivity index (χ4n) is 13.6. The van der Waals surface area contributed by atoms with Gasteiger partial charge in [0.05, 0.1) is 16.4 Å². The van der Waals surface area contributed by atoms with Gasteiger partial charge in [-0.15, -0.1) is 0 Å². The topological polar surface area (TPSA) is 116 Å². The Morgan fingerprint density at radius 2 is 0.971 bits per heavy atom. The molecule has 0 spiro atoms. The van der Waals surface area contributed by atoms with E-state index in [2.05, 4.69) is 81.6 Å². The van der Waals surface area contributed by atoms with Crippen LogP contribution in [0.15, 0.2) is 58.3 Å². The molecule has 0 aliphatic heterocycles. The summed E-state index contributed by atoms with van der Waals surface area (Å²) < 4.78 is 66.3. The minimum Gasteiger partial charge on any atom is -0.414 e. The first kappa shape index (κ1) is 57.2. The van der Waals surface area contributed by atoms with Gasteiger partial charge in [-0.3, -0.25) is 4.18 Å². The lowest BCUT2D eigenvalue weighted by Gasteiger charge is -2.50. The van der Waals surface area contributed by atoms with Crippen molar-refractivity contribution in [2.75, 3.05) is 13.2 Å². The van der Waals surface area contributed by atoms with Crippen molar-refractivity contribution in [2.45, 2.75) is 230 Å². The number of benzene rings is 2. The van der Waals surface area contributed by atoms with E-state index in [1.807, 2.05) is 26.0 Å². The molecule has 6 fully saturated rings. The van der Waals surface area contributed by atoms with Gasteiger partial charge in [0.2, 0.25) is 0 Å². The zero-order valence-electron chi connectivity index (χ0n) is 45.3. The van der Waals surface area contributed by atoms with Crippen LogP contribution < -0.4 is 0 Å². The molecule has 0 bridgehead atoms. The molecule has 8 rings (SSSR count). The summed E-state index contributed by atoms with van der Waals surface area (Å²) in [5.74, 6) is 2.87. The summed E-state index contributed by atoms with van der Waals surface area (Å²) in [5, 5.41) is 10.1. The van der Waals surface area contributed by atoms with Crippen molar-refractivity contribution in [3.8, 4) is 0 Å². The number of rotatable bonds is 14. The molecule has 69 heavy (non-hydrogen) atoms. The molecule has 6 aliphatic rings. The van der Waals surface area contributed by atoms with E-state index < -0.39 is 35.8 Å². The highest BCUT2D eigenvalue weighted by Crippen LogP contribution is 2.71. The van der Waals surface area contributed by atoms with E-state index in [4.69, 9.17) is 23.7 Å². The average molecular weight is 1050 g/mol. The number of hydrogen-bond acceptors (Lipinski definition) is 8. The van der Waals surface area contributed by atoms with Crippen molar-refractivity contribution < 1.29 is 35.0 Å². The number of aryl methyl sites for hydroxylation is 2. The molecule has 6 aliphatic carbocycles. The van der Waals surface area contributed by atoms with Crippen LogP contribution in [0.4, 0.5) is 0 Å². The van der Waals surface area contributed by atoms with Gasteiger partial charge in [0.1, 0.15) is 0 Å². The monoisotopic (exact) mass is 1050 g/mol. The van der Waals surface area contributed by atoms with Crippen LogP contribution in [-0.4, -0.2) is 64.0 Å². The van der Waals surface area contributed by atoms with Gasteiger partial charge in [0.15, 0.2) is 16.6 Å². The van der Waals surface area contributed by atoms with Crippen LogP contribution in [0.5, 0.6) is 0 Å². The first-order valence-electron chi connectivity index (χ1n) is 26.7. The number of halogens is 1. The van der Waals surface area contributed by atoms with E-state index in [0.29, 0.717) is 51.9 Å². The Morgan fingerprint density at radius 3 is 1.32 bits per heavy atom. The summed E-state index contributed by atoms with van der Waals surface area (Å²) in [6.45, 7) is 33.3. The van der Waals surface area contributed by atoms with E-state index in [1.165, 1.54) is 102 Å². The number of fused-ring (bicyclic) bond motifs is 2. The lowest BCUT2D eigenvalue weighted by molar-refractivity contribution is -0.0290. The van der Waals surface area contributed by atoms with E-state index in [-0.39, 0.29) is 26.9 Å². The van der Waals surface area contributed by atoms with Crippen LogP contribution in [0.2, 0.25) is 36.3 Å². The Bertz CT molecular complexity index is 2260. The van der Waals surface area contributed by atoms with E-state index >= 15 is 0 Å². The van der Waals surface area contributed by atoms with Crippen molar-refractivity contribution in [3.05, 3.63) is 59.7 Å². The average Bonchev–Trinajstić information content (AvgIpc) is 4.12. The molecule has 0 aromatic heterocycles. The second-order valence-corrected chi connectivity index (χ2v) is 40.1. The van der Waals surface area contributed by atoms with Crippen LogP contribution in [0.1, 0.15) is 169 Å². The molecule has 13 heteroatoms. The minimum atomic E-state index is -3.69. The van der Waals surface area contributed by atoms with Gasteiger partial charge in [0.25, 0.3) is 19.2 Å². The SMILES string of the molecule is CC(C)(C)[Si](C)(C)O[C@H]1CCC[C@@]2(C)C1CCC2C1(CCO)CC1.Cc1ccc(S(=O)(=O)Cl)cc1.Cc1ccc(S(=O)(=O)OCCC2(C3CCC4[C@@H](O[Si](C)(C)C(C)(C)C)CCC[C@@]43C)CC2)cc1. The zero-order valence-corrected chi connectivity index (χ0v) is 49.7. The Hall–Kier alpha value is -1.10. The smallest absolute Gasteiger partial charge is 0.296 e. The Balaban J connectivity index is 0.000000193. The van der Waals surface area contributed by atoms with Gasteiger partial charge in [-0.2, -0.15) is 8.42 Å². The molecule has 0 saturated heterocycles. The second kappa shape index (κ2) is 20.9. The van der Waals surface area contributed by atoms with Crippen molar-refractivity contribution in [1.82, 2.24) is 0 Å². The summed E-state index contributed by atoms with van der Waals surface area (Å²) in [4.78, 5) is 0.401. The quantitative estimate of drug-likeness (QED) is 0.113. The fraction of sp³-hybridized carbons (Fsp3) is 0.786. The first-order chi connectivity index (χ1) is 31.8. The third-order valence-corrected chi connectivity index (χ3v) is 31.7. The molecule has 6 saturated carbocycles. The fourth-order valence-corrected chi connectivity index (χ4v) is 18.0. The first-order valence-corrected chi connectivity index (χ1v) is 36.2. The molecular formula is C56H93ClO8S2Si2. The van der Waals surface area contributed by atoms with Crippen LogP contribution in [0.3, 0.4) is 0 Å². The number of hydrogen-bond donors (Lipinski definition) is 1. The molecule has 4 unspecified atom stereocenters. The third-order valence-electron chi connectivity index (χ3n) is 20.0. The standard InChI is InChI=1S/C28H46O4SSi.C21H40O2Si.C7H7ClO2S/c1-21-10-12-22(13-11-21)33(29,30)31-20-19-28(17-18-28)25-15-14-23-24(9-8-16-27(23,25)5)32-34(6,7)26(2,3)4;1-19(2,3)24(5,6)23-17-8-7-11-20(4)16(17)9-10-18(20)21(12-13-21)14-15-22;1-6-2-4-7(5-3-6)11(8,9)10/h10-13,23-25H,8-9,14-20H2,1-7H3;16-18,22H,7-15H2,1-6H3;2-5H,1H3/t23?,24-,25?,27-;16?,17-,18?,20-;/m00./s1. The molecule has 0 radical (unpaired) electrons. The van der Waals surface area contributed by atoms with Gasteiger partial charge in [-0.05, 0) is 210 Å². The van der Waals surface area contributed by atoms with Gasteiger partial charge >= 0.3 is 0 Å². The molecule has 1 N–H and O–H groups in total. The number of aliphatic hydroxyl groups is 1. The van der Waals surface area contributed by atoms with Crippen LogP contribution in [0.25, 0.3) is 0 Å². The number of aliphatic hydroxyl groups excluding tert-OH is 1. The molecule has 2 aromatic rings. The molecule has 0 heterocycles. The third kappa shape index (κ3) is 12.7. The van der Waals surface area contributed by atoms with Crippen molar-refractivity contribution in [1.29, 1.82) is 0 Å². The maximum absolute atomic E-state index is 12.7. The molecule has 2 aromatic carbocycles.